The van der Waals surface area contributed by atoms with Crippen molar-refractivity contribution in [3.8, 4) is 0 Å². The Bertz CT molecular complexity index is 1100. The van der Waals surface area contributed by atoms with Crippen molar-refractivity contribution in [1.82, 2.24) is 4.90 Å². The molecule has 0 radical (unpaired) electrons. The standard InChI is InChI=1S/C27H31F6N3O2/c1-18-5-6-21(16-24(18)27(31,32)33)34-20-7-9-23(10-8-20)38-17-25(37)36-13-11-35(12-14-36)22-4-2-3-19(15-22)26(28,29)30/h2-6,15-16,20,23,34H,7-14,17H2,1H3. The van der Waals surface area contributed by atoms with Crippen LogP contribution in [0.2, 0.25) is 0 Å². The van der Waals surface area contributed by atoms with Gasteiger partial charge in [-0.3, -0.25) is 4.79 Å². The third-order valence-electron chi connectivity index (χ3n) is 7.20. The monoisotopic (exact) mass is 543 g/mol. The molecule has 11 heteroatoms. The molecule has 2 aliphatic rings. The summed E-state index contributed by atoms with van der Waals surface area (Å²) >= 11 is 0. The van der Waals surface area contributed by atoms with Crippen LogP contribution in [0.4, 0.5) is 37.7 Å². The van der Waals surface area contributed by atoms with Crippen LogP contribution in [0.25, 0.3) is 0 Å². The Morgan fingerprint density at radius 3 is 2.24 bits per heavy atom. The van der Waals surface area contributed by atoms with E-state index in [0.717, 1.165) is 18.2 Å². The van der Waals surface area contributed by atoms with Crippen LogP contribution >= 0.6 is 0 Å². The summed E-state index contributed by atoms with van der Waals surface area (Å²) in [7, 11) is 0. The molecule has 5 nitrogen and oxygen atoms in total. The minimum absolute atomic E-state index is 0.0262. The van der Waals surface area contributed by atoms with E-state index in [1.807, 2.05) is 4.90 Å². The van der Waals surface area contributed by atoms with Gasteiger partial charge in [-0.2, -0.15) is 26.3 Å². The number of nitrogens with zero attached hydrogens (tertiary/aromatic N) is 2. The highest BCUT2D eigenvalue weighted by Crippen LogP contribution is 2.35. The summed E-state index contributed by atoms with van der Waals surface area (Å²) in [5.41, 5.74) is -0.243. The number of piperazine rings is 1. The molecule has 2 aromatic carbocycles. The van der Waals surface area contributed by atoms with Crippen LogP contribution in [0.3, 0.4) is 0 Å². The summed E-state index contributed by atoms with van der Waals surface area (Å²) in [6.07, 6.45) is -6.11. The van der Waals surface area contributed by atoms with E-state index in [4.69, 9.17) is 4.74 Å². The topological polar surface area (TPSA) is 44.8 Å². The Balaban J connectivity index is 1.19. The van der Waals surface area contributed by atoms with Crippen LogP contribution in [0.15, 0.2) is 42.5 Å². The van der Waals surface area contributed by atoms with Crippen molar-refractivity contribution in [2.24, 2.45) is 0 Å². The quantitative estimate of drug-likeness (QED) is 0.446. The van der Waals surface area contributed by atoms with E-state index in [0.29, 0.717) is 63.2 Å². The Hall–Kier alpha value is -2.95. The third-order valence-corrected chi connectivity index (χ3v) is 7.20. The number of carbonyl (C=O) groups is 1. The smallest absolute Gasteiger partial charge is 0.382 e. The van der Waals surface area contributed by atoms with Gasteiger partial charge in [0.2, 0.25) is 5.91 Å². The van der Waals surface area contributed by atoms with Gasteiger partial charge in [0.05, 0.1) is 17.2 Å². The van der Waals surface area contributed by atoms with Crippen molar-refractivity contribution in [3.63, 3.8) is 0 Å². The Morgan fingerprint density at radius 2 is 1.61 bits per heavy atom. The number of amides is 1. The number of alkyl halides is 6. The van der Waals surface area contributed by atoms with Crippen LogP contribution < -0.4 is 10.2 Å². The van der Waals surface area contributed by atoms with Gasteiger partial charge < -0.3 is 19.9 Å². The minimum Gasteiger partial charge on any atom is -0.382 e. The molecule has 0 bridgehead atoms. The lowest BCUT2D eigenvalue weighted by Crippen LogP contribution is -2.50. The predicted molar refractivity (Wildman–Crippen MR) is 132 cm³/mol. The molecule has 1 aliphatic heterocycles. The third kappa shape index (κ3) is 7.12. The summed E-state index contributed by atoms with van der Waals surface area (Å²) in [6, 6.07) is 9.46. The second-order valence-electron chi connectivity index (χ2n) is 9.87. The molecule has 38 heavy (non-hydrogen) atoms. The Morgan fingerprint density at radius 1 is 0.921 bits per heavy atom. The molecular weight excluding hydrogens is 512 g/mol. The normalized spacial score (nSPS) is 20.9. The van der Waals surface area contributed by atoms with Gasteiger partial charge in [0.1, 0.15) is 6.61 Å². The maximum absolute atomic E-state index is 13.2. The lowest BCUT2D eigenvalue weighted by atomic mass is 9.92. The first-order chi connectivity index (χ1) is 17.9. The van der Waals surface area contributed by atoms with Gasteiger partial charge in [-0.25, -0.2) is 0 Å². The van der Waals surface area contributed by atoms with Crippen molar-refractivity contribution in [3.05, 3.63) is 59.2 Å². The van der Waals surface area contributed by atoms with Gasteiger partial charge in [0.25, 0.3) is 0 Å². The second-order valence-corrected chi connectivity index (χ2v) is 9.87. The summed E-state index contributed by atoms with van der Waals surface area (Å²) in [5.74, 6) is -0.159. The Kier molecular flexibility index (Phi) is 8.44. The van der Waals surface area contributed by atoms with Crippen LogP contribution in [0.1, 0.15) is 42.4 Å². The number of carbonyl (C=O) groups excluding carboxylic acids is 1. The van der Waals surface area contributed by atoms with E-state index in [1.165, 1.54) is 19.1 Å². The van der Waals surface area contributed by atoms with Gasteiger partial charge in [0, 0.05) is 43.6 Å². The zero-order valence-corrected chi connectivity index (χ0v) is 21.0. The lowest BCUT2D eigenvalue weighted by Gasteiger charge is -2.36. The number of aryl methyl sites for hydroxylation is 1. The SMILES string of the molecule is Cc1ccc(NC2CCC(OCC(=O)N3CCN(c4cccc(C(F)(F)F)c4)CC3)CC2)cc1C(F)(F)F. The van der Waals surface area contributed by atoms with E-state index >= 15 is 0 Å². The van der Waals surface area contributed by atoms with E-state index in [-0.39, 0.29) is 30.2 Å². The zero-order chi connectivity index (χ0) is 27.5. The predicted octanol–water partition coefficient (Wildman–Crippen LogP) is 6.12. The van der Waals surface area contributed by atoms with E-state index in [1.54, 1.807) is 17.0 Å². The van der Waals surface area contributed by atoms with Gasteiger partial charge in [-0.1, -0.05) is 12.1 Å². The first kappa shape index (κ1) is 28.1. The molecule has 0 aromatic heterocycles. The van der Waals surface area contributed by atoms with Crippen LogP contribution in [-0.2, 0) is 21.9 Å². The number of rotatable bonds is 6. The maximum atomic E-state index is 13.2. The number of hydrogen-bond donors (Lipinski definition) is 1. The summed E-state index contributed by atoms with van der Waals surface area (Å²) < 4.78 is 84.4. The maximum Gasteiger partial charge on any atom is 0.416 e. The van der Waals surface area contributed by atoms with Crippen LogP contribution in [-0.4, -0.2) is 55.7 Å². The minimum atomic E-state index is -4.41. The molecule has 1 saturated heterocycles. The molecule has 1 heterocycles. The number of halogens is 6. The fourth-order valence-electron chi connectivity index (χ4n) is 5.00. The van der Waals surface area contributed by atoms with Gasteiger partial charge >= 0.3 is 12.4 Å². The average molecular weight is 544 g/mol. The highest BCUT2D eigenvalue weighted by atomic mass is 19.4. The molecular formula is C27H31F6N3O2. The van der Waals surface area contributed by atoms with Crippen molar-refractivity contribution in [2.75, 3.05) is 43.0 Å². The molecule has 0 unspecified atom stereocenters. The van der Waals surface area contributed by atoms with Gasteiger partial charge in [0.15, 0.2) is 0 Å². The zero-order valence-electron chi connectivity index (χ0n) is 21.0. The molecule has 0 spiro atoms. The fraction of sp³-hybridized carbons (Fsp3) is 0.519. The van der Waals surface area contributed by atoms with Gasteiger partial charge in [-0.05, 0) is 68.5 Å². The van der Waals surface area contributed by atoms with Crippen molar-refractivity contribution < 1.29 is 35.9 Å². The molecule has 2 fully saturated rings. The van der Waals surface area contributed by atoms with Crippen LogP contribution in [0, 0.1) is 6.92 Å². The molecule has 4 rings (SSSR count). The van der Waals surface area contributed by atoms with Gasteiger partial charge in [-0.15, -0.1) is 0 Å². The van der Waals surface area contributed by atoms with Crippen molar-refractivity contribution >= 4 is 17.3 Å². The molecule has 1 saturated carbocycles. The summed E-state index contributed by atoms with van der Waals surface area (Å²) in [4.78, 5) is 16.1. The van der Waals surface area contributed by atoms with Crippen LogP contribution in [0.5, 0.6) is 0 Å². The largest absolute Gasteiger partial charge is 0.416 e. The molecule has 1 aliphatic carbocycles. The average Bonchev–Trinajstić information content (AvgIpc) is 2.88. The fourth-order valence-corrected chi connectivity index (χ4v) is 5.00. The number of nitrogens with one attached hydrogen (secondary N) is 1. The lowest BCUT2D eigenvalue weighted by molar-refractivity contribution is -0.139. The Labute approximate surface area is 217 Å². The second kappa shape index (κ2) is 11.4. The molecule has 2 aromatic rings. The number of benzene rings is 2. The van der Waals surface area contributed by atoms with E-state index < -0.39 is 23.5 Å². The molecule has 1 N–H and O–H groups in total. The number of anilines is 2. The highest BCUT2D eigenvalue weighted by Gasteiger charge is 2.33. The molecule has 208 valence electrons. The van der Waals surface area contributed by atoms with Crippen molar-refractivity contribution in [2.45, 2.75) is 57.1 Å². The summed E-state index contributed by atoms with van der Waals surface area (Å²) in [6.45, 7) is 3.01. The first-order valence-corrected chi connectivity index (χ1v) is 12.7. The first-order valence-electron chi connectivity index (χ1n) is 12.7. The number of hydrogen-bond acceptors (Lipinski definition) is 4. The van der Waals surface area contributed by atoms with E-state index in [2.05, 4.69) is 5.32 Å². The van der Waals surface area contributed by atoms with E-state index in [9.17, 15) is 31.1 Å². The molecule has 0 atom stereocenters. The number of ether oxygens (including phenoxy) is 1. The molecule has 1 amide bonds. The summed E-state index contributed by atoms with van der Waals surface area (Å²) in [5, 5.41) is 3.19. The van der Waals surface area contributed by atoms with Crippen molar-refractivity contribution in [1.29, 1.82) is 0 Å². The highest BCUT2D eigenvalue weighted by molar-refractivity contribution is 5.77.